The Hall–Kier alpha value is -1.84. The van der Waals surface area contributed by atoms with Gasteiger partial charge in [0, 0.05) is 32.3 Å². The largest absolute Gasteiger partial charge is 0.461 e. The van der Waals surface area contributed by atoms with E-state index in [-0.39, 0.29) is 28.8 Å². The number of β-amino-alcohol motifs (C(OH)–C–C–N with tert-alkyl or cyclic N) is 1. The van der Waals surface area contributed by atoms with Gasteiger partial charge in [-0.2, -0.15) is 9.97 Å². The number of ether oxygens (including phenoxy) is 1. The number of piperidine rings is 1. The summed E-state index contributed by atoms with van der Waals surface area (Å²) in [5.74, 6) is -0.266. The number of halogens is 3. The lowest BCUT2D eigenvalue weighted by Crippen LogP contribution is -2.43. The minimum Gasteiger partial charge on any atom is -0.461 e. The zero-order chi connectivity index (χ0) is 20.9. The van der Waals surface area contributed by atoms with Crippen molar-refractivity contribution < 1.29 is 18.6 Å². The van der Waals surface area contributed by atoms with Crippen molar-refractivity contribution in [2.45, 2.75) is 49.9 Å². The van der Waals surface area contributed by atoms with Crippen molar-refractivity contribution in [3.8, 4) is 6.01 Å². The van der Waals surface area contributed by atoms with Gasteiger partial charge in [-0.1, -0.05) is 11.6 Å². The fraction of sp³-hybridized carbons (Fsp3) is 0.650. The predicted molar refractivity (Wildman–Crippen MR) is 108 cm³/mol. The van der Waals surface area contributed by atoms with Crippen LogP contribution in [0.25, 0.3) is 10.9 Å². The maximum Gasteiger partial charge on any atom is 0.319 e. The Morgan fingerprint density at radius 3 is 2.97 bits per heavy atom. The third-order valence-corrected chi connectivity index (χ3v) is 6.79. The van der Waals surface area contributed by atoms with E-state index in [1.54, 1.807) is 0 Å². The molecule has 7 nitrogen and oxygen atoms in total. The molecule has 30 heavy (non-hydrogen) atoms. The van der Waals surface area contributed by atoms with E-state index in [2.05, 4.69) is 19.9 Å². The second-order valence-electron chi connectivity index (χ2n) is 8.56. The molecule has 0 unspecified atom stereocenters. The van der Waals surface area contributed by atoms with Crippen molar-refractivity contribution >= 4 is 28.3 Å². The molecule has 0 saturated carbocycles. The quantitative estimate of drug-likeness (QED) is 0.734. The third kappa shape index (κ3) is 3.46. The summed E-state index contributed by atoms with van der Waals surface area (Å²) in [6.45, 7) is 2.59. The Labute approximate surface area is 178 Å². The van der Waals surface area contributed by atoms with Gasteiger partial charge in [-0.3, -0.25) is 4.90 Å². The molecule has 3 atom stereocenters. The Kier molecular flexibility index (Phi) is 5.15. The summed E-state index contributed by atoms with van der Waals surface area (Å²) < 4.78 is 34.7. The molecular formula is C20H24ClF2N5O2. The molecule has 5 heterocycles. The van der Waals surface area contributed by atoms with Crippen molar-refractivity contribution in [2.24, 2.45) is 0 Å². The summed E-state index contributed by atoms with van der Waals surface area (Å²) in [5.41, 5.74) is -0.321. The number of fused-ring (bicyclic) bond motifs is 2. The second kappa shape index (κ2) is 7.69. The average Bonchev–Trinajstić information content (AvgIpc) is 3.24. The maximum absolute atomic E-state index is 14.7. The van der Waals surface area contributed by atoms with Gasteiger partial charge in [0.2, 0.25) is 0 Å². The Morgan fingerprint density at radius 1 is 1.27 bits per heavy atom. The number of aliphatic hydroxyl groups excluding tert-OH is 1. The molecule has 0 aliphatic carbocycles. The fourth-order valence-corrected chi connectivity index (χ4v) is 5.24. The lowest BCUT2D eigenvalue weighted by Gasteiger charge is -2.32. The molecule has 2 aromatic heterocycles. The van der Waals surface area contributed by atoms with Gasteiger partial charge in [0.15, 0.2) is 11.0 Å². The van der Waals surface area contributed by atoms with Gasteiger partial charge in [-0.05, 0) is 32.2 Å². The van der Waals surface area contributed by atoms with Crippen molar-refractivity contribution in [1.82, 2.24) is 19.9 Å². The summed E-state index contributed by atoms with van der Waals surface area (Å²) in [4.78, 5) is 16.7. The van der Waals surface area contributed by atoms with Crippen molar-refractivity contribution in [2.75, 3.05) is 37.7 Å². The topological polar surface area (TPSA) is 74.6 Å². The normalized spacial score (nSPS) is 29.5. The van der Waals surface area contributed by atoms with Crippen LogP contribution in [0, 0.1) is 5.82 Å². The highest BCUT2D eigenvalue weighted by atomic mass is 35.5. The number of rotatable bonds is 4. The van der Waals surface area contributed by atoms with Crippen LogP contribution in [0.15, 0.2) is 6.20 Å². The number of hydrogen-bond acceptors (Lipinski definition) is 7. The van der Waals surface area contributed by atoms with Crippen LogP contribution >= 0.6 is 11.6 Å². The molecule has 162 valence electrons. The number of aliphatic hydroxyl groups is 1. The van der Waals surface area contributed by atoms with Crippen LogP contribution in [0.1, 0.15) is 32.1 Å². The second-order valence-corrected chi connectivity index (χ2v) is 8.92. The van der Waals surface area contributed by atoms with Crippen LogP contribution in [-0.4, -0.2) is 75.6 Å². The summed E-state index contributed by atoms with van der Waals surface area (Å²) in [7, 11) is 0. The van der Waals surface area contributed by atoms with E-state index in [4.69, 9.17) is 16.3 Å². The molecule has 3 aliphatic heterocycles. The van der Waals surface area contributed by atoms with Gasteiger partial charge >= 0.3 is 6.01 Å². The Bertz CT molecular complexity index is 966. The predicted octanol–water partition coefficient (Wildman–Crippen LogP) is 2.73. The molecular weight excluding hydrogens is 416 g/mol. The fourth-order valence-electron chi connectivity index (χ4n) is 5.10. The van der Waals surface area contributed by atoms with Crippen molar-refractivity contribution in [1.29, 1.82) is 0 Å². The molecule has 3 aliphatic rings. The summed E-state index contributed by atoms with van der Waals surface area (Å²) in [6, 6.07) is 0.0299. The van der Waals surface area contributed by atoms with Gasteiger partial charge in [-0.15, -0.1) is 0 Å². The van der Waals surface area contributed by atoms with Crippen LogP contribution in [0.3, 0.4) is 0 Å². The highest BCUT2D eigenvalue weighted by molar-refractivity contribution is 6.30. The van der Waals surface area contributed by atoms with Crippen molar-refractivity contribution in [3.05, 3.63) is 17.2 Å². The van der Waals surface area contributed by atoms with Gasteiger partial charge < -0.3 is 14.7 Å². The summed E-state index contributed by atoms with van der Waals surface area (Å²) >= 11 is 5.88. The van der Waals surface area contributed by atoms with E-state index in [9.17, 15) is 13.9 Å². The van der Waals surface area contributed by atoms with E-state index in [0.29, 0.717) is 43.7 Å². The first-order valence-electron chi connectivity index (χ1n) is 10.4. The Morgan fingerprint density at radius 2 is 2.13 bits per heavy atom. The number of aromatic nitrogens is 3. The summed E-state index contributed by atoms with van der Waals surface area (Å²) in [5, 5.41) is 10.2. The molecule has 3 saturated heterocycles. The van der Waals surface area contributed by atoms with Crippen LogP contribution in [-0.2, 0) is 0 Å². The van der Waals surface area contributed by atoms with Gasteiger partial charge in [0.05, 0.1) is 17.0 Å². The van der Waals surface area contributed by atoms with E-state index >= 15 is 0 Å². The van der Waals surface area contributed by atoms with Crippen LogP contribution in [0.4, 0.5) is 14.6 Å². The number of hydrogen-bond donors (Lipinski definition) is 1. The van der Waals surface area contributed by atoms with Gasteiger partial charge in [0.25, 0.3) is 0 Å². The molecule has 0 spiro atoms. The third-order valence-electron chi connectivity index (χ3n) is 6.53. The molecule has 2 aromatic rings. The molecule has 5 rings (SSSR count). The standard InChI is InChI=1S/C20H24ClF2N5O2/c21-17-15(23)16-14(8-24-17)18(27-5-1-3-13(29)10-27)26-19(25-16)30-11-20-4-2-6-28(20)9-12(22)7-20/h8,12-13,29H,1-7,9-11H2/t12-,13+,20+/m1/s1. The lowest BCUT2D eigenvalue weighted by atomic mass is 9.95. The van der Waals surface area contributed by atoms with Gasteiger partial charge in [0.1, 0.15) is 24.1 Å². The number of anilines is 1. The number of pyridine rings is 1. The first-order valence-corrected chi connectivity index (χ1v) is 10.8. The first-order chi connectivity index (χ1) is 14.4. The zero-order valence-corrected chi connectivity index (χ0v) is 17.3. The first kappa shape index (κ1) is 20.1. The van der Waals surface area contributed by atoms with Crippen LogP contribution < -0.4 is 9.64 Å². The molecule has 0 radical (unpaired) electrons. The van der Waals surface area contributed by atoms with E-state index in [1.807, 2.05) is 4.90 Å². The minimum atomic E-state index is -0.862. The molecule has 0 aromatic carbocycles. The highest BCUT2D eigenvalue weighted by Crippen LogP contribution is 2.40. The number of nitrogens with zero attached hydrogens (tertiary/aromatic N) is 5. The zero-order valence-electron chi connectivity index (χ0n) is 16.5. The van der Waals surface area contributed by atoms with E-state index < -0.39 is 18.1 Å². The van der Waals surface area contributed by atoms with Crippen molar-refractivity contribution in [3.63, 3.8) is 0 Å². The van der Waals surface area contributed by atoms with Crippen LogP contribution in [0.2, 0.25) is 5.15 Å². The monoisotopic (exact) mass is 439 g/mol. The average molecular weight is 440 g/mol. The molecule has 10 heteroatoms. The van der Waals surface area contributed by atoms with E-state index in [1.165, 1.54) is 6.20 Å². The molecule has 0 bridgehead atoms. The maximum atomic E-state index is 14.7. The SMILES string of the molecule is O[C@H]1CCCN(c2nc(OC[C@@]34CCCN3C[C@H](F)C4)nc3c(F)c(Cl)ncc23)C1. The number of alkyl halides is 1. The van der Waals surface area contributed by atoms with Gasteiger partial charge in [-0.25, -0.2) is 13.8 Å². The smallest absolute Gasteiger partial charge is 0.319 e. The lowest BCUT2D eigenvalue weighted by molar-refractivity contribution is 0.107. The molecule has 0 amide bonds. The minimum absolute atomic E-state index is 0.0299. The van der Waals surface area contributed by atoms with E-state index in [0.717, 1.165) is 25.8 Å². The molecule has 1 N–H and O–H groups in total. The van der Waals surface area contributed by atoms with Crippen LogP contribution in [0.5, 0.6) is 6.01 Å². The Balaban J connectivity index is 1.50. The molecule has 3 fully saturated rings. The summed E-state index contributed by atoms with van der Waals surface area (Å²) in [6.07, 6.45) is 3.89. The highest BCUT2D eigenvalue weighted by Gasteiger charge is 2.49.